The summed E-state index contributed by atoms with van der Waals surface area (Å²) in [6.07, 6.45) is 8.12. The lowest BCUT2D eigenvalue weighted by molar-refractivity contribution is 0.0551. The Morgan fingerprint density at radius 1 is 1.03 bits per heavy atom. The van der Waals surface area contributed by atoms with Crippen LogP contribution in [0.4, 0.5) is 0 Å². The van der Waals surface area contributed by atoms with Gasteiger partial charge in [0.15, 0.2) is 0 Å². The molecule has 0 N–H and O–H groups in total. The first kappa shape index (κ1) is 21.1. The van der Waals surface area contributed by atoms with E-state index in [-0.39, 0.29) is 6.04 Å². The lowest BCUT2D eigenvalue weighted by Gasteiger charge is -2.37. The summed E-state index contributed by atoms with van der Waals surface area (Å²) in [5, 5.41) is 10.9. The minimum absolute atomic E-state index is 0.209. The van der Waals surface area contributed by atoms with Gasteiger partial charge < -0.3 is 9.30 Å². The highest BCUT2D eigenvalue weighted by atomic mass is 32.2. The molecule has 2 aliphatic rings. The van der Waals surface area contributed by atoms with Crippen LogP contribution in [0.2, 0.25) is 0 Å². The van der Waals surface area contributed by atoms with E-state index in [1.165, 1.54) is 27.7 Å². The Morgan fingerprint density at radius 3 is 2.63 bits per heavy atom. The van der Waals surface area contributed by atoms with Crippen LogP contribution in [0.25, 0.3) is 44.3 Å². The fraction of sp³-hybridized carbons (Fsp3) is 0.333. The monoisotopic (exact) mass is 482 g/mol. The zero-order valence-electron chi connectivity index (χ0n) is 20.0. The summed E-state index contributed by atoms with van der Waals surface area (Å²) in [4.78, 5) is 9.87. The van der Waals surface area contributed by atoms with Crippen LogP contribution in [-0.2, 0) is 11.8 Å². The predicted octanol–water partition coefficient (Wildman–Crippen LogP) is 5.41. The predicted molar refractivity (Wildman–Crippen MR) is 139 cm³/mol. The van der Waals surface area contributed by atoms with E-state index >= 15 is 0 Å². The van der Waals surface area contributed by atoms with E-state index in [4.69, 9.17) is 14.7 Å². The molecule has 6 heterocycles. The minimum Gasteiger partial charge on any atom is -0.381 e. The van der Waals surface area contributed by atoms with Gasteiger partial charge in [0.05, 0.1) is 34.0 Å². The Labute approximate surface area is 207 Å². The van der Waals surface area contributed by atoms with E-state index in [2.05, 4.69) is 51.5 Å². The summed E-state index contributed by atoms with van der Waals surface area (Å²) in [7, 11) is 1.96. The SMILES string of the molecule is CSc1nccc2c3ncc(-c4c(C)nnn4C)c4c3n(c12)[C@@H](C1CCOCC1)c1ccccc1-4. The highest BCUT2D eigenvalue weighted by Crippen LogP contribution is 2.52. The standard InChI is InChI=1S/C27H26N6OS/c1-15-23(32(2)31-30-15)20-14-29-22-19-8-11-28-27(35-3)25(19)33-24(16-9-12-34-13-10-16)18-7-5-4-6-17(18)21(20)26(22)33/h4-8,11,14,16,24H,9-10,12-13H2,1-3H3/t24-/m0/s1. The van der Waals surface area contributed by atoms with Crippen molar-refractivity contribution >= 4 is 33.7 Å². The van der Waals surface area contributed by atoms with Gasteiger partial charge in [0.2, 0.25) is 0 Å². The number of fused-ring (bicyclic) bond motifs is 5. The first-order valence-electron chi connectivity index (χ1n) is 12.1. The average molecular weight is 483 g/mol. The van der Waals surface area contributed by atoms with E-state index in [0.29, 0.717) is 5.92 Å². The van der Waals surface area contributed by atoms with Crippen LogP contribution >= 0.6 is 11.8 Å². The van der Waals surface area contributed by atoms with Crippen LogP contribution in [0.5, 0.6) is 0 Å². The maximum atomic E-state index is 5.77. The first-order valence-corrected chi connectivity index (χ1v) is 13.3. The lowest BCUT2D eigenvalue weighted by Crippen LogP contribution is -2.29. The van der Waals surface area contributed by atoms with Gasteiger partial charge >= 0.3 is 0 Å². The Balaban J connectivity index is 1.69. The third-order valence-corrected chi connectivity index (χ3v) is 8.35. The molecule has 0 amide bonds. The molecule has 1 saturated heterocycles. The van der Waals surface area contributed by atoms with Crippen molar-refractivity contribution in [1.29, 1.82) is 0 Å². The normalized spacial score (nSPS) is 17.9. The van der Waals surface area contributed by atoms with Gasteiger partial charge in [0.25, 0.3) is 0 Å². The molecule has 0 aliphatic carbocycles. The van der Waals surface area contributed by atoms with Gasteiger partial charge in [0, 0.05) is 49.2 Å². The number of pyridine rings is 2. The molecule has 176 valence electrons. The number of hydrogen-bond acceptors (Lipinski definition) is 6. The van der Waals surface area contributed by atoms with Crippen molar-refractivity contribution in [3.05, 3.63) is 54.0 Å². The molecule has 0 radical (unpaired) electrons. The zero-order chi connectivity index (χ0) is 23.7. The molecular weight excluding hydrogens is 456 g/mol. The molecule has 2 aliphatic heterocycles. The molecule has 7 nitrogen and oxygen atoms in total. The summed E-state index contributed by atoms with van der Waals surface area (Å²) in [6.45, 7) is 3.64. The number of thioether (sulfide) groups is 1. The number of ether oxygens (including phenoxy) is 1. The Kier molecular flexibility index (Phi) is 4.76. The molecule has 0 spiro atoms. The highest BCUT2D eigenvalue weighted by Gasteiger charge is 2.37. The van der Waals surface area contributed by atoms with E-state index in [9.17, 15) is 0 Å². The molecule has 0 bridgehead atoms. The Hall–Kier alpha value is -3.23. The Morgan fingerprint density at radius 2 is 1.86 bits per heavy atom. The largest absolute Gasteiger partial charge is 0.381 e. The van der Waals surface area contributed by atoms with Crippen LogP contribution < -0.4 is 0 Å². The number of rotatable bonds is 3. The maximum absolute atomic E-state index is 5.77. The summed E-state index contributed by atoms with van der Waals surface area (Å²) < 4.78 is 10.2. The molecule has 5 aromatic rings. The van der Waals surface area contributed by atoms with Crippen LogP contribution in [0.15, 0.2) is 47.8 Å². The van der Waals surface area contributed by atoms with Gasteiger partial charge in [-0.15, -0.1) is 16.9 Å². The van der Waals surface area contributed by atoms with E-state index in [0.717, 1.165) is 58.9 Å². The second-order valence-corrected chi connectivity index (χ2v) is 10.3. The second-order valence-electron chi connectivity index (χ2n) is 9.46. The number of nitrogens with zero attached hydrogens (tertiary/aromatic N) is 6. The molecule has 1 atom stereocenters. The molecular formula is C27H26N6OS. The van der Waals surface area contributed by atoms with Crippen molar-refractivity contribution in [2.24, 2.45) is 13.0 Å². The number of benzene rings is 1. The van der Waals surface area contributed by atoms with Gasteiger partial charge in [-0.05, 0) is 49.1 Å². The van der Waals surface area contributed by atoms with Crippen LogP contribution in [-0.4, -0.2) is 49.0 Å². The van der Waals surface area contributed by atoms with Crippen LogP contribution in [0.1, 0.15) is 30.1 Å². The van der Waals surface area contributed by atoms with Crippen molar-refractivity contribution in [3.63, 3.8) is 0 Å². The third kappa shape index (κ3) is 2.90. The molecule has 1 fully saturated rings. The van der Waals surface area contributed by atoms with Crippen LogP contribution in [0, 0.1) is 12.8 Å². The quantitative estimate of drug-likeness (QED) is 0.320. The van der Waals surface area contributed by atoms with Crippen LogP contribution in [0.3, 0.4) is 0 Å². The maximum Gasteiger partial charge on any atom is 0.120 e. The Bertz CT molecular complexity index is 1590. The summed E-state index contributed by atoms with van der Waals surface area (Å²) in [5.74, 6) is 0.482. The van der Waals surface area contributed by atoms with Gasteiger partial charge in [-0.2, -0.15) is 0 Å². The van der Waals surface area contributed by atoms with Gasteiger partial charge in [0.1, 0.15) is 5.03 Å². The molecule has 4 aromatic heterocycles. The topological polar surface area (TPSA) is 70.7 Å². The highest BCUT2D eigenvalue weighted by molar-refractivity contribution is 7.98. The van der Waals surface area contributed by atoms with Crippen molar-refractivity contribution in [1.82, 2.24) is 29.5 Å². The summed E-state index contributed by atoms with van der Waals surface area (Å²) >= 11 is 1.70. The molecule has 7 rings (SSSR count). The van der Waals surface area contributed by atoms with E-state index < -0.39 is 0 Å². The van der Waals surface area contributed by atoms with Gasteiger partial charge in [-0.1, -0.05) is 29.5 Å². The smallest absolute Gasteiger partial charge is 0.120 e. The molecule has 35 heavy (non-hydrogen) atoms. The van der Waals surface area contributed by atoms with E-state index in [1.807, 2.05) is 31.0 Å². The fourth-order valence-electron chi connectivity index (χ4n) is 6.23. The van der Waals surface area contributed by atoms with E-state index in [1.54, 1.807) is 11.8 Å². The first-order chi connectivity index (χ1) is 17.2. The van der Waals surface area contributed by atoms with Crippen molar-refractivity contribution in [2.75, 3.05) is 19.5 Å². The third-order valence-electron chi connectivity index (χ3n) is 7.66. The molecule has 0 unspecified atom stereocenters. The minimum atomic E-state index is 0.209. The summed E-state index contributed by atoms with van der Waals surface area (Å²) in [6, 6.07) is 11.2. The molecule has 0 saturated carbocycles. The van der Waals surface area contributed by atoms with Gasteiger partial charge in [-0.25, -0.2) is 9.67 Å². The number of hydrogen-bond donors (Lipinski definition) is 0. The second kappa shape index (κ2) is 7.90. The lowest BCUT2D eigenvalue weighted by atomic mass is 9.80. The summed E-state index contributed by atoms with van der Waals surface area (Å²) in [5.41, 5.74) is 10.3. The van der Waals surface area contributed by atoms with Crippen molar-refractivity contribution in [2.45, 2.75) is 30.8 Å². The van der Waals surface area contributed by atoms with Crippen molar-refractivity contribution in [3.8, 4) is 22.4 Å². The fourth-order valence-corrected chi connectivity index (χ4v) is 6.80. The van der Waals surface area contributed by atoms with Crippen molar-refractivity contribution < 1.29 is 4.74 Å². The number of aromatic nitrogens is 6. The zero-order valence-corrected chi connectivity index (χ0v) is 20.8. The van der Waals surface area contributed by atoms with Gasteiger partial charge in [-0.3, -0.25) is 4.98 Å². The molecule has 1 aromatic carbocycles. The average Bonchev–Trinajstić information content (AvgIpc) is 3.42. The molecule has 8 heteroatoms. The number of aryl methyl sites for hydroxylation is 2.